The molecular weight excluding hydrogens is 330 g/mol. The summed E-state index contributed by atoms with van der Waals surface area (Å²) in [4.78, 5) is 0. The minimum atomic E-state index is 0.332. The highest BCUT2D eigenvalue weighted by molar-refractivity contribution is 7.98. The van der Waals surface area contributed by atoms with Gasteiger partial charge in [0.05, 0.1) is 5.02 Å². The number of aromatic nitrogens is 3. The maximum absolute atomic E-state index is 6.08. The minimum Gasteiger partial charge on any atom is -0.484 e. The molecule has 0 N–H and O–H groups in total. The molecule has 1 aromatic heterocycles. The molecule has 0 saturated carbocycles. The third kappa shape index (κ3) is 4.06. The Morgan fingerprint density at radius 3 is 2.57 bits per heavy atom. The van der Waals surface area contributed by atoms with Crippen LogP contribution in [0.2, 0.25) is 5.02 Å². The average molecular weight is 346 g/mol. The van der Waals surface area contributed by atoms with Crippen molar-refractivity contribution < 1.29 is 4.74 Å². The number of para-hydroxylation sites is 1. The van der Waals surface area contributed by atoms with Crippen LogP contribution in [0.15, 0.2) is 59.8 Å². The zero-order valence-corrected chi connectivity index (χ0v) is 14.2. The van der Waals surface area contributed by atoms with Crippen molar-refractivity contribution in [2.75, 3.05) is 0 Å². The van der Waals surface area contributed by atoms with E-state index in [-0.39, 0.29) is 0 Å². The summed E-state index contributed by atoms with van der Waals surface area (Å²) < 4.78 is 7.66. The summed E-state index contributed by atoms with van der Waals surface area (Å²) in [5, 5.41) is 9.88. The van der Waals surface area contributed by atoms with Crippen molar-refractivity contribution in [2.24, 2.45) is 7.05 Å². The first-order chi connectivity index (χ1) is 11.2. The molecule has 0 aliphatic carbocycles. The molecule has 0 bridgehead atoms. The molecule has 0 amide bonds. The Hall–Kier alpha value is -1.98. The van der Waals surface area contributed by atoms with Crippen LogP contribution in [0.4, 0.5) is 0 Å². The highest BCUT2D eigenvalue weighted by atomic mass is 35.5. The molecule has 0 aliphatic rings. The van der Waals surface area contributed by atoms with Crippen LogP contribution in [0, 0.1) is 0 Å². The highest BCUT2D eigenvalue weighted by Gasteiger charge is 2.10. The van der Waals surface area contributed by atoms with Crippen LogP contribution in [0.1, 0.15) is 11.4 Å². The van der Waals surface area contributed by atoms with Gasteiger partial charge in [-0.2, -0.15) is 0 Å². The summed E-state index contributed by atoms with van der Waals surface area (Å²) in [7, 11) is 1.94. The minimum absolute atomic E-state index is 0.332. The van der Waals surface area contributed by atoms with Gasteiger partial charge in [0.1, 0.15) is 12.4 Å². The average Bonchev–Trinajstić information content (AvgIpc) is 2.93. The van der Waals surface area contributed by atoms with E-state index in [1.807, 2.05) is 48.0 Å². The molecule has 3 aromatic rings. The van der Waals surface area contributed by atoms with E-state index in [4.69, 9.17) is 16.3 Å². The highest BCUT2D eigenvalue weighted by Crippen LogP contribution is 2.25. The molecule has 3 rings (SSSR count). The third-order valence-electron chi connectivity index (χ3n) is 3.33. The number of hydrogen-bond acceptors (Lipinski definition) is 4. The second kappa shape index (κ2) is 7.53. The molecule has 23 heavy (non-hydrogen) atoms. The Bertz CT molecular complexity index is 777. The van der Waals surface area contributed by atoms with Crippen molar-refractivity contribution in [3.63, 3.8) is 0 Å². The van der Waals surface area contributed by atoms with Gasteiger partial charge in [-0.05, 0) is 17.7 Å². The van der Waals surface area contributed by atoms with Gasteiger partial charge in [-0.1, -0.05) is 65.8 Å². The first kappa shape index (κ1) is 15.9. The Kier molecular flexibility index (Phi) is 5.20. The monoisotopic (exact) mass is 345 g/mol. The number of benzene rings is 2. The van der Waals surface area contributed by atoms with E-state index < -0.39 is 0 Å². The zero-order valence-electron chi connectivity index (χ0n) is 12.6. The molecule has 1 heterocycles. The van der Waals surface area contributed by atoms with Crippen molar-refractivity contribution >= 4 is 23.4 Å². The van der Waals surface area contributed by atoms with Crippen LogP contribution >= 0.6 is 23.4 Å². The lowest BCUT2D eigenvalue weighted by atomic mass is 10.2. The lowest BCUT2D eigenvalue weighted by Gasteiger charge is -2.07. The van der Waals surface area contributed by atoms with Crippen LogP contribution in [-0.4, -0.2) is 14.8 Å². The van der Waals surface area contributed by atoms with Gasteiger partial charge >= 0.3 is 0 Å². The molecule has 0 unspecified atom stereocenters. The molecule has 0 spiro atoms. The normalized spacial score (nSPS) is 10.7. The largest absolute Gasteiger partial charge is 0.484 e. The lowest BCUT2D eigenvalue weighted by Crippen LogP contribution is -2.04. The molecule has 6 heteroatoms. The first-order valence-electron chi connectivity index (χ1n) is 7.16. The predicted molar refractivity (Wildman–Crippen MR) is 92.8 cm³/mol. The molecule has 4 nitrogen and oxygen atoms in total. The standard InChI is InChI=1S/C17H16ClN3OS/c1-21-16(11-22-15-10-6-5-9-14(15)18)19-20-17(21)23-12-13-7-3-2-4-8-13/h2-10H,11-12H2,1H3. The van der Waals surface area contributed by atoms with Gasteiger partial charge in [-0.3, -0.25) is 0 Å². The molecule has 2 aromatic carbocycles. The van der Waals surface area contributed by atoms with Gasteiger partial charge in [-0.25, -0.2) is 0 Å². The Morgan fingerprint density at radius 1 is 1.04 bits per heavy atom. The summed E-state index contributed by atoms with van der Waals surface area (Å²) in [6.07, 6.45) is 0. The fourth-order valence-electron chi connectivity index (χ4n) is 2.02. The van der Waals surface area contributed by atoms with Gasteiger partial charge in [0, 0.05) is 12.8 Å². The Labute approximate surface area is 144 Å². The van der Waals surface area contributed by atoms with Crippen molar-refractivity contribution in [3.05, 3.63) is 71.0 Å². The second-order valence-corrected chi connectivity index (χ2v) is 6.30. The van der Waals surface area contributed by atoms with E-state index in [0.29, 0.717) is 17.4 Å². The number of nitrogens with zero attached hydrogens (tertiary/aromatic N) is 3. The smallest absolute Gasteiger partial charge is 0.191 e. The van der Waals surface area contributed by atoms with Gasteiger partial charge < -0.3 is 9.30 Å². The number of rotatable bonds is 6. The van der Waals surface area contributed by atoms with E-state index in [1.165, 1.54) is 5.56 Å². The molecule has 0 aliphatic heterocycles. The molecule has 0 fully saturated rings. The summed E-state index contributed by atoms with van der Waals surface area (Å²) in [5.41, 5.74) is 1.26. The summed E-state index contributed by atoms with van der Waals surface area (Å²) in [5.74, 6) is 2.27. The van der Waals surface area contributed by atoms with E-state index in [0.717, 1.165) is 16.7 Å². The van der Waals surface area contributed by atoms with Crippen molar-refractivity contribution in [1.29, 1.82) is 0 Å². The fraction of sp³-hybridized carbons (Fsp3) is 0.176. The van der Waals surface area contributed by atoms with Crippen LogP contribution in [-0.2, 0) is 19.4 Å². The van der Waals surface area contributed by atoms with E-state index in [1.54, 1.807) is 17.8 Å². The quantitative estimate of drug-likeness (QED) is 0.623. The van der Waals surface area contributed by atoms with Crippen LogP contribution in [0.3, 0.4) is 0 Å². The SMILES string of the molecule is Cn1c(COc2ccccc2Cl)nnc1SCc1ccccc1. The third-order valence-corrected chi connectivity index (χ3v) is 4.73. The number of thioether (sulfide) groups is 1. The molecule has 0 radical (unpaired) electrons. The van der Waals surface area contributed by atoms with Crippen LogP contribution in [0.5, 0.6) is 5.75 Å². The first-order valence-corrected chi connectivity index (χ1v) is 8.52. The molecule has 0 saturated heterocycles. The van der Waals surface area contributed by atoms with Gasteiger partial charge in [0.2, 0.25) is 0 Å². The van der Waals surface area contributed by atoms with E-state index >= 15 is 0 Å². The molecule has 118 valence electrons. The summed E-state index contributed by atoms with van der Waals surface area (Å²) in [6.45, 7) is 0.332. The molecule has 0 atom stereocenters. The zero-order chi connectivity index (χ0) is 16.1. The number of ether oxygens (including phenoxy) is 1. The fourth-order valence-corrected chi connectivity index (χ4v) is 3.10. The lowest BCUT2D eigenvalue weighted by molar-refractivity contribution is 0.290. The summed E-state index contributed by atoms with van der Waals surface area (Å²) in [6, 6.07) is 17.7. The maximum atomic E-state index is 6.08. The second-order valence-electron chi connectivity index (χ2n) is 4.95. The van der Waals surface area contributed by atoms with E-state index in [9.17, 15) is 0 Å². The Balaban J connectivity index is 1.62. The van der Waals surface area contributed by atoms with Gasteiger partial charge in [0.15, 0.2) is 11.0 Å². The number of halogens is 1. The maximum Gasteiger partial charge on any atom is 0.191 e. The van der Waals surface area contributed by atoms with Crippen molar-refractivity contribution in [3.8, 4) is 5.75 Å². The van der Waals surface area contributed by atoms with Crippen molar-refractivity contribution in [2.45, 2.75) is 17.5 Å². The summed E-state index contributed by atoms with van der Waals surface area (Å²) >= 11 is 7.73. The molecular formula is C17H16ClN3OS. The van der Waals surface area contributed by atoms with Gasteiger partial charge in [-0.15, -0.1) is 10.2 Å². The van der Waals surface area contributed by atoms with Gasteiger partial charge in [0.25, 0.3) is 0 Å². The predicted octanol–water partition coefficient (Wildman–Crippen LogP) is 4.34. The topological polar surface area (TPSA) is 39.9 Å². The van der Waals surface area contributed by atoms with Crippen LogP contribution < -0.4 is 4.74 Å². The van der Waals surface area contributed by atoms with Crippen LogP contribution in [0.25, 0.3) is 0 Å². The van der Waals surface area contributed by atoms with Crippen molar-refractivity contribution in [1.82, 2.24) is 14.8 Å². The Morgan fingerprint density at radius 2 is 1.78 bits per heavy atom. The van der Waals surface area contributed by atoms with E-state index in [2.05, 4.69) is 22.3 Å². The number of hydrogen-bond donors (Lipinski definition) is 0.